The second-order valence-electron chi connectivity index (χ2n) is 5.74. The summed E-state index contributed by atoms with van der Waals surface area (Å²) in [6, 6.07) is 6.28. The number of unbranched alkanes of at least 4 members (excludes halogenated alkanes) is 3. The highest BCUT2D eigenvalue weighted by Gasteiger charge is 2.03. The number of aliphatic carboxylic acids is 1. The summed E-state index contributed by atoms with van der Waals surface area (Å²) in [6.07, 6.45) is 4.51. The quantitative estimate of drug-likeness (QED) is 0.212. The molecule has 0 saturated carbocycles. The van der Waals surface area contributed by atoms with E-state index in [1.165, 1.54) is 19.1 Å². The van der Waals surface area contributed by atoms with Crippen molar-refractivity contribution in [2.45, 2.75) is 46.0 Å². The number of ether oxygens (including phenoxy) is 2. The third-order valence-corrected chi connectivity index (χ3v) is 3.15. The molecule has 0 spiro atoms. The van der Waals surface area contributed by atoms with E-state index in [0.29, 0.717) is 31.8 Å². The first-order chi connectivity index (χ1) is 13.3. The maximum absolute atomic E-state index is 10.7. The van der Waals surface area contributed by atoms with Gasteiger partial charge in [-0.1, -0.05) is 24.3 Å². The minimum absolute atomic E-state index is 0.0479. The highest BCUT2D eigenvalue weighted by atomic mass is 16.6. The fourth-order valence-electron chi connectivity index (χ4n) is 1.96. The molecule has 0 atom stereocenters. The molecule has 0 aliphatic heterocycles. The topological polar surface area (TPSA) is 116 Å². The van der Waals surface area contributed by atoms with Gasteiger partial charge in [-0.25, -0.2) is 0 Å². The molecular weight excluding hydrogens is 366 g/mol. The Labute approximate surface area is 165 Å². The fourth-order valence-corrected chi connectivity index (χ4v) is 1.96. The molecule has 0 bridgehead atoms. The number of carboxylic acids is 1. The summed E-state index contributed by atoms with van der Waals surface area (Å²) in [4.78, 5) is 29.8. The lowest BCUT2D eigenvalue weighted by atomic mass is 10.2. The number of carbonyl (C=O) groups is 2. The van der Waals surface area contributed by atoms with Gasteiger partial charge in [0.25, 0.3) is 11.7 Å². The van der Waals surface area contributed by atoms with Crippen molar-refractivity contribution in [3.05, 3.63) is 39.9 Å². The van der Waals surface area contributed by atoms with Crippen molar-refractivity contribution in [2.24, 2.45) is 0 Å². The lowest BCUT2D eigenvalue weighted by Crippen LogP contribution is -2.01. The van der Waals surface area contributed by atoms with Gasteiger partial charge in [-0.2, -0.15) is 0 Å². The third-order valence-electron chi connectivity index (χ3n) is 3.15. The third kappa shape index (κ3) is 16.5. The molecule has 0 aliphatic rings. The van der Waals surface area contributed by atoms with E-state index in [1.807, 2.05) is 0 Å². The number of hydrogen-bond acceptors (Lipinski definition) is 6. The maximum atomic E-state index is 10.7. The summed E-state index contributed by atoms with van der Waals surface area (Å²) < 4.78 is 10.3. The Morgan fingerprint density at radius 3 is 2.36 bits per heavy atom. The molecule has 0 heterocycles. The van der Waals surface area contributed by atoms with Gasteiger partial charge in [0, 0.05) is 44.6 Å². The number of carboxylic acid groups (broad SMARTS) is 1. The minimum atomic E-state index is -0.833. The van der Waals surface area contributed by atoms with Crippen LogP contribution in [0.3, 0.4) is 0 Å². The Kier molecular flexibility index (Phi) is 14.6. The van der Waals surface area contributed by atoms with E-state index < -0.39 is 10.9 Å². The molecule has 154 valence electrons. The average molecular weight is 393 g/mol. The predicted molar refractivity (Wildman–Crippen MR) is 104 cm³/mol. The summed E-state index contributed by atoms with van der Waals surface area (Å²) >= 11 is 0. The number of carbonyl (C=O) groups excluding carboxylic acids is 1. The molecule has 1 aromatic rings. The van der Waals surface area contributed by atoms with E-state index in [2.05, 4.69) is 11.8 Å². The van der Waals surface area contributed by atoms with Crippen LogP contribution in [0.5, 0.6) is 0 Å². The van der Waals surface area contributed by atoms with Gasteiger partial charge < -0.3 is 14.6 Å². The van der Waals surface area contributed by atoms with Crippen LogP contribution in [-0.2, 0) is 19.1 Å². The van der Waals surface area contributed by atoms with Crippen LogP contribution in [0.4, 0.5) is 5.69 Å². The molecule has 0 fully saturated rings. The average Bonchev–Trinajstić information content (AvgIpc) is 2.62. The van der Waals surface area contributed by atoms with Gasteiger partial charge in [0.15, 0.2) is 0 Å². The SMILES string of the molecule is CC(=O)O.CC(=O)OCCCCCCOCCC#Cc1cccc([N+](=O)[O-])c1. The normalized spacial score (nSPS) is 9.36. The minimum Gasteiger partial charge on any atom is -0.481 e. The summed E-state index contributed by atoms with van der Waals surface area (Å²) in [7, 11) is 0. The largest absolute Gasteiger partial charge is 0.481 e. The molecule has 0 aromatic heterocycles. The number of benzene rings is 1. The van der Waals surface area contributed by atoms with E-state index in [1.54, 1.807) is 12.1 Å². The molecule has 1 aromatic carbocycles. The van der Waals surface area contributed by atoms with E-state index in [0.717, 1.165) is 32.6 Å². The molecule has 0 amide bonds. The van der Waals surface area contributed by atoms with Crippen molar-refractivity contribution in [2.75, 3.05) is 19.8 Å². The smallest absolute Gasteiger partial charge is 0.302 e. The van der Waals surface area contributed by atoms with Crippen molar-refractivity contribution < 1.29 is 29.1 Å². The van der Waals surface area contributed by atoms with Crippen LogP contribution in [0.1, 0.15) is 51.5 Å². The Bertz CT molecular complexity index is 673. The molecule has 0 radical (unpaired) electrons. The Hall–Kier alpha value is -2.92. The number of nitro benzene ring substituents is 1. The Morgan fingerprint density at radius 1 is 1.11 bits per heavy atom. The molecule has 8 heteroatoms. The standard InChI is InChI=1S/C18H23NO5.C2H4O2/c1-16(20)24-14-6-3-2-5-12-23-13-7-4-9-17-10-8-11-18(15-17)19(21)22;1-2(3)4/h8,10-11,15H,2-3,5-7,12-14H2,1H3;1H3,(H,3,4). The number of rotatable bonds is 10. The Balaban J connectivity index is 0.00000165. The number of nitrogens with zero attached hydrogens (tertiary/aromatic N) is 1. The van der Waals surface area contributed by atoms with Gasteiger partial charge in [0.05, 0.1) is 18.1 Å². The van der Waals surface area contributed by atoms with Crippen LogP contribution in [0, 0.1) is 22.0 Å². The first-order valence-electron chi connectivity index (χ1n) is 8.97. The first-order valence-corrected chi connectivity index (χ1v) is 8.97. The van der Waals surface area contributed by atoms with Crippen LogP contribution >= 0.6 is 0 Å². The zero-order chi connectivity index (χ0) is 21.2. The van der Waals surface area contributed by atoms with Gasteiger partial charge >= 0.3 is 5.97 Å². The lowest BCUT2D eigenvalue weighted by molar-refractivity contribution is -0.384. The summed E-state index contributed by atoms with van der Waals surface area (Å²) in [5.41, 5.74) is 0.684. The number of nitro groups is 1. The predicted octanol–water partition coefficient (Wildman–Crippen LogP) is 3.57. The van der Waals surface area contributed by atoms with Gasteiger partial charge in [0.2, 0.25) is 0 Å². The van der Waals surface area contributed by atoms with Crippen molar-refractivity contribution >= 4 is 17.6 Å². The number of esters is 1. The fraction of sp³-hybridized carbons (Fsp3) is 0.500. The van der Waals surface area contributed by atoms with Crippen molar-refractivity contribution in [3.63, 3.8) is 0 Å². The number of hydrogen-bond donors (Lipinski definition) is 1. The van der Waals surface area contributed by atoms with Gasteiger partial charge in [-0.15, -0.1) is 0 Å². The summed E-state index contributed by atoms with van der Waals surface area (Å²) in [5.74, 6) is 4.78. The van der Waals surface area contributed by atoms with Crippen molar-refractivity contribution in [1.29, 1.82) is 0 Å². The van der Waals surface area contributed by atoms with E-state index in [-0.39, 0.29) is 11.7 Å². The first kappa shape index (κ1) is 25.1. The highest BCUT2D eigenvalue weighted by Crippen LogP contribution is 2.11. The van der Waals surface area contributed by atoms with Crippen molar-refractivity contribution in [1.82, 2.24) is 0 Å². The highest BCUT2D eigenvalue weighted by molar-refractivity contribution is 5.65. The molecule has 0 aliphatic carbocycles. The van der Waals surface area contributed by atoms with Crippen molar-refractivity contribution in [3.8, 4) is 11.8 Å². The van der Waals surface area contributed by atoms with Crippen LogP contribution in [0.25, 0.3) is 0 Å². The summed E-state index contributed by atoms with van der Waals surface area (Å²) in [6.45, 7) is 4.22. The van der Waals surface area contributed by atoms with Gasteiger partial charge in [-0.05, 0) is 25.3 Å². The molecule has 1 N–H and O–H groups in total. The molecule has 28 heavy (non-hydrogen) atoms. The van der Waals surface area contributed by atoms with Crippen LogP contribution in [0.2, 0.25) is 0 Å². The second-order valence-corrected chi connectivity index (χ2v) is 5.74. The maximum Gasteiger partial charge on any atom is 0.302 e. The van der Waals surface area contributed by atoms with Crippen LogP contribution in [-0.4, -0.2) is 41.8 Å². The molecule has 1 rings (SSSR count). The molecular formula is C20H27NO7. The molecule has 8 nitrogen and oxygen atoms in total. The summed E-state index contributed by atoms with van der Waals surface area (Å²) in [5, 5.41) is 18.1. The zero-order valence-electron chi connectivity index (χ0n) is 16.3. The lowest BCUT2D eigenvalue weighted by Gasteiger charge is -2.03. The monoisotopic (exact) mass is 393 g/mol. The van der Waals surface area contributed by atoms with Crippen LogP contribution in [0.15, 0.2) is 24.3 Å². The van der Waals surface area contributed by atoms with Gasteiger partial charge in [-0.3, -0.25) is 19.7 Å². The second kappa shape index (κ2) is 16.3. The number of non-ortho nitro benzene ring substituents is 1. The van der Waals surface area contributed by atoms with E-state index in [9.17, 15) is 14.9 Å². The van der Waals surface area contributed by atoms with Gasteiger partial charge in [0.1, 0.15) is 0 Å². The molecule has 0 unspecified atom stereocenters. The Morgan fingerprint density at radius 2 is 1.75 bits per heavy atom. The molecule has 0 saturated heterocycles. The van der Waals surface area contributed by atoms with E-state index >= 15 is 0 Å². The van der Waals surface area contributed by atoms with E-state index in [4.69, 9.17) is 19.4 Å². The van der Waals surface area contributed by atoms with Crippen LogP contribution < -0.4 is 0 Å². The zero-order valence-corrected chi connectivity index (χ0v) is 16.3.